The molecule has 1 heterocycles. The molecule has 0 spiro atoms. The van der Waals surface area contributed by atoms with E-state index < -0.39 is 0 Å². The van der Waals surface area contributed by atoms with Crippen LogP contribution in [0.25, 0.3) is 0 Å². The van der Waals surface area contributed by atoms with Crippen molar-refractivity contribution in [1.82, 2.24) is 0 Å². The van der Waals surface area contributed by atoms with Crippen LogP contribution in [0, 0.1) is 17.2 Å². The van der Waals surface area contributed by atoms with Gasteiger partial charge in [-0.2, -0.15) is 5.26 Å². The fourth-order valence-electron chi connectivity index (χ4n) is 2.67. The third-order valence-electron chi connectivity index (χ3n) is 3.91. The second kappa shape index (κ2) is 4.99. The van der Waals surface area contributed by atoms with Crippen LogP contribution in [-0.4, -0.2) is 23.8 Å². The summed E-state index contributed by atoms with van der Waals surface area (Å²) in [6, 6.07) is 9.97. The molecule has 1 aromatic rings. The minimum Gasteiger partial charge on any atom is -0.396 e. The maximum atomic E-state index is 9.36. The molecule has 1 unspecified atom stereocenters. The van der Waals surface area contributed by atoms with E-state index >= 15 is 0 Å². The number of hydrogen-bond donors (Lipinski definition) is 1. The third kappa shape index (κ3) is 2.34. The van der Waals surface area contributed by atoms with E-state index in [9.17, 15) is 10.4 Å². The van der Waals surface area contributed by atoms with Crippen molar-refractivity contribution in [3.63, 3.8) is 0 Å². The fraction of sp³-hybridized carbons (Fsp3) is 0.533. The third-order valence-corrected chi connectivity index (χ3v) is 3.91. The molecule has 3 heteroatoms. The molecule has 0 aromatic heterocycles. The molecule has 18 heavy (non-hydrogen) atoms. The van der Waals surface area contributed by atoms with Crippen molar-refractivity contribution in [2.75, 3.05) is 18.1 Å². The summed E-state index contributed by atoms with van der Waals surface area (Å²) in [4.78, 5) is 2.27. The zero-order valence-electron chi connectivity index (χ0n) is 11.1. The number of piperidine rings is 1. The van der Waals surface area contributed by atoms with Crippen LogP contribution in [0.15, 0.2) is 24.3 Å². The smallest absolute Gasteiger partial charge is 0.101 e. The van der Waals surface area contributed by atoms with E-state index in [0.717, 1.165) is 25.1 Å². The van der Waals surface area contributed by atoms with Gasteiger partial charge in [0.25, 0.3) is 0 Å². The molecule has 3 nitrogen and oxygen atoms in total. The van der Waals surface area contributed by atoms with Crippen molar-refractivity contribution in [3.8, 4) is 6.07 Å². The maximum absolute atomic E-state index is 9.36. The number of para-hydroxylation sites is 1. The van der Waals surface area contributed by atoms with Crippen LogP contribution in [0.1, 0.15) is 32.3 Å². The lowest BCUT2D eigenvalue weighted by Crippen LogP contribution is -2.51. The zero-order chi connectivity index (χ0) is 13.2. The number of rotatable bonds is 2. The first-order valence-corrected chi connectivity index (χ1v) is 6.46. The first kappa shape index (κ1) is 12.9. The lowest BCUT2D eigenvalue weighted by atomic mass is 9.84. The van der Waals surface area contributed by atoms with Gasteiger partial charge in [0.15, 0.2) is 0 Å². The van der Waals surface area contributed by atoms with Crippen LogP contribution < -0.4 is 4.90 Å². The van der Waals surface area contributed by atoms with E-state index in [4.69, 9.17) is 0 Å². The van der Waals surface area contributed by atoms with Crippen LogP contribution in [0.2, 0.25) is 0 Å². The molecule has 0 bridgehead atoms. The van der Waals surface area contributed by atoms with E-state index in [0.29, 0.717) is 11.5 Å². The van der Waals surface area contributed by atoms with E-state index in [-0.39, 0.29) is 12.1 Å². The summed E-state index contributed by atoms with van der Waals surface area (Å²) in [5.74, 6) is 0.310. The second-order valence-electron chi connectivity index (χ2n) is 5.64. The highest BCUT2D eigenvalue weighted by Crippen LogP contribution is 2.36. The van der Waals surface area contributed by atoms with Gasteiger partial charge >= 0.3 is 0 Å². The number of aliphatic hydroxyl groups excluding tert-OH is 1. The Bertz CT molecular complexity index is 462. The molecule has 0 radical (unpaired) electrons. The number of benzene rings is 1. The first-order chi connectivity index (χ1) is 8.58. The lowest BCUT2D eigenvalue weighted by molar-refractivity contribution is 0.181. The van der Waals surface area contributed by atoms with Crippen molar-refractivity contribution in [2.24, 2.45) is 5.92 Å². The van der Waals surface area contributed by atoms with Gasteiger partial charge in [-0.05, 0) is 44.7 Å². The Morgan fingerprint density at radius 2 is 2.17 bits per heavy atom. The number of anilines is 1. The van der Waals surface area contributed by atoms with Crippen molar-refractivity contribution >= 4 is 5.69 Å². The van der Waals surface area contributed by atoms with E-state index in [1.54, 1.807) is 0 Å². The Morgan fingerprint density at radius 3 is 2.83 bits per heavy atom. The van der Waals surface area contributed by atoms with Gasteiger partial charge in [0.2, 0.25) is 0 Å². The number of aliphatic hydroxyl groups is 1. The Morgan fingerprint density at radius 1 is 1.44 bits per heavy atom. The van der Waals surface area contributed by atoms with Gasteiger partial charge < -0.3 is 10.0 Å². The second-order valence-corrected chi connectivity index (χ2v) is 5.64. The molecular formula is C15H20N2O. The highest BCUT2D eigenvalue weighted by atomic mass is 16.3. The Hall–Kier alpha value is -1.53. The normalized spacial score (nSPS) is 22.6. The Kier molecular flexibility index (Phi) is 3.58. The Labute approximate surface area is 109 Å². The average Bonchev–Trinajstić information content (AvgIpc) is 2.38. The topological polar surface area (TPSA) is 47.3 Å². The van der Waals surface area contributed by atoms with E-state index in [1.165, 1.54) is 0 Å². The van der Waals surface area contributed by atoms with Crippen molar-refractivity contribution < 1.29 is 5.11 Å². The van der Waals surface area contributed by atoms with Crippen molar-refractivity contribution in [1.29, 1.82) is 5.26 Å². The standard InChI is InChI=1S/C15H20N2O/c1-15(2)8-7-12(11-18)10-17(15)14-6-4-3-5-13(14)9-16/h3-6,12,18H,7-8,10-11H2,1-2H3. The van der Waals surface area contributed by atoms with Crippen LogP contribution in [-0.2, 0) is 0 Å². The molecular weight excluding hydrogens is 224 g/mol. The predicted octanol–water partition coefficient (Wildman–Crippen LogP) is 2.55. The van der Waals surface area contributed by atoms with E-state index in [1.807, 2.05) is 24.3 Å². The molecule has 1 aliphatic heterocycles. The summed E-state index contributed by atoms with van der Waals surface area (Å²) in [5, 5.41) is 18.6. The SMILES string of the molecule is CC1(C)CCC(CO)CN1c1ccccc1C#N. The van der Waals surface area contributed by atoms with Crippen LogP contribution in [0.3, 0.4) is 0 Å². The number of nitrogens with zero attached hydrogens (tertiary/aromatic N) is 2. The van der Waals surface area contributed by atoms with Crippen LogP contribution in [0.5, 0.6) is 0 Å². The molecule has 1 aliphatic rings. The van der Waals surface area contributed by atoms with Gasteiger partial charge in [-0.1, -0.05) is 12.1 Å². The lowest BCUT2D eigenvalue weighted by Gasteiger charge is -2.47. The molecule has 0 saturated carbocycles. The zero-order valence-corrected chi connectivity index (χ0v) is 11.1. The average molecular weight is 244 g/mol. The van der Waals surface area contributed by atoms with Crippen LogP contribution in [0.4, 0.5) is 5.69 Å². The van der Waals surface area contributed by atoms with E-state index in [2.05, 4.69) is 24.8 Å². The van der Waals surface area contributed by atoms with Gasteiger partial charge in [-0.15, -0.1) is 0 Å². The summed E-state index contributed by atoms with van der Waals surface area (Å²) in [6.07, 6.45) is 2.09. The van der Waals surface area contributed by atoms with Crippen LogP contribution >= 0.6 is 0 Å². The molecule has 1 aromatic carbocycles. The van der Waals surface area contributed by atoms with Gasteiger partial charge in [0.1, 0.15) is 6.07 Å². The largest absolute Gasteiger partial charge is 0.396 e. The first-order valence-electron chi connectivity index (χ1n) is 6.46. The van der Waals surface area contributed by atoms with Gasteiger partial charge in [-0.3, -0.25) is 0 Å². The quantitative estimate of drug-likeness (QED) is 0.869. The van der Waals surface area contributed by atoms with Gasteiger partial charge in [0.05, 0.1) is 11.3 Å². The minimum atomic E-state index is 0.0403. The monoisotopic (exact) mass is 244 g/mol. The summed E-state index contributed by atoms with van der Waals surface area (Å²) in [7, 11) is 0. The molecule has 1 saturated heterocycles. The molecule has 1 atom stereocenters. The minimum absolute atomic E-state index is 0.0403. The highest BCUT2D eigenvalue weighted by molar-refractivity contribution is 5.61. The summed E-state index contributed by atoms with van der Waals surface area (Å²) in [6.45, 7) is 5.45. The number of hydrogen-bond acceptors (Lipinski definition) is 3. The summed E-state index contributed by atoms with van der Waals surface area (Å²) in [5.41, 5.74) is 1.74. The summed E-state index contributed by atoms with van der Waals surface area (Å²) >= 11 is 0. The Balaban J connectivity index is 2.37. The number of nitriles is 1. The van der Waals surface area contributed by atoms with Crippen molar-refractivity contribution in [3.05, 3.63) is 29.8 Å². The molecule has 0 amide bonds. The predicted molar refractivity (Wildman–Crippen MR) is 72.4 cm³/mol. The summed E-state index contributed by atoms with van der Waals surface area (Å²) < 4.78 is 0. The molecule has 0 aliphatic carbocycles. The maximum Gasteiger partial charge on any atom is 0.101 e. The fourth-order valence-corrected chi connectivity index (χ4v) is 2.67. The van der Waals surface area contributed by atoms with Gasteiger partial charge in [0, 0.05) is 18.7 Å². The molecule has 96 valence electrons. The molecule has 1 fully saturated rings. The molecule has 2 rings (SSSR count). The van der Waals surface area contributed by atoms with Gasteiger partial charge in [-0.25, -0.2) is 0 Å². The van der Waals surface area contributed by atoms with Crippen molar-refractivity contribution in [2.45, 2.75) is 32.2 Å². The highest BCUT2D eigenvalue weighted by Gasteiger charge is 2.34. The molecule has 1 N–H and O–H groups in total.